The molecule has 0 saturated carbocycles. The summed E-state index contributed by atoms with van der Waals surface area (Å²) in [6.45, 7) is 0.152. The molecule has 0 bridgehead atoms. The van der Waals surface area contributed by atoms with Gasteiger partial charge in [-0.2, -0.15) is 0 Å². The summed E-state index contributed by atoms with van der Waals surface area (Å²) < 4.78 is 5.94. The Morgan fingerprint density at radius 1 is 1.00 bits per heavy atom. The van der Waals surface area contributed by atoms with Gasteiger partial charge in [-0.1, -0.05) is 48.5 Å². The fourth-order valence-corrected chi connectivity index (χ4v) is 3.84. The Balaban J connectivity index is 1.53. The molecule has 2 N–H and O–H groups in total. The second-order valence-electron chi connectivity index (χ2n) is 6.64. The standard InChI is InChI=1S/C23H21NO3S/c1-28-16-12-10-15(11-13-16)19(25)14-24-23(26)22-17-6-2-4-8-20(17)27-21-9-5-3-7-18(21)22/h2-13,19,22,25H,14H2,1H3,(H,24,26)/t19-/m0/s1. The smallest absolute Gasteiger partial charge is 0.232 e. The van der Waals surface area contributed by atoms with E-state index in [-0.39, 0.29) is 12.5 Å². The molecule has 4 nitrogen and oxygen atoms in total. The van der Waals surface area contributed by atoms with Gasteiger partial charge in [0, 0.05) is 22.6 Å². The van der Waals surface area contributed by atoms with Crippen molar-refractivity contribution in [2.45, 2.75) is 16.9 Å². The van der Waals surface area contributed by atoms with Gasteiger partial charge in [-0.15, -0.1) is 11.8 Å². The largest absolute Gasteiger partial charge is 0.457 e. The molecule has 0 unspecified atom stereocenters. The number of nitrogens with one attached hydrogen (secondary N) is 1. The predicted molar refractivity (Wildman–Crippen MR) is 111 cm³/mol. The van der Waals surface area contributed by atoms with Gasteiger partial charge in [-0.05, 0) is 36.1 Å². The highest BCUT2D eigenvalue weighted by atomic mass is 32.2. The van der Waals surface area contributed by atoms with Crippen LogP contribution in [0.25, 0.3) is 0 Å². The van der Waals surface area contributed by atoms with Gasteiger partial charge in [0.25, 0.3) is 0 Å². The molecule has 0 spiro atoms. The van der Waals surface area contributed by atoms with E-state index in [1.54, 1.807) is 11.8 Å². The maximum Gasteiger partial charge on any atom is 0.232 e. The van der Waals surface area contributed by atoms with Crippen molar-refractivity contribution in [2.75, 3.05) is 12.8 Å². The molecule has 4 rings (SSSR count). The molecule has 0 aromatic heterocycles. The lowest BCUT2D eigenvalue weighted by atomic mass is 9.87. The number of aliphatic hydroxyl groups is 1. The highest BCUT2D eigenvalue weighted by Gasteiger charge is 2.32. The van der Waals surface area contributed by atoms with Gasteiger partial charge in [0.15, 0.2) is 0 Å². The van der Waals surface area contributed by atoms with Crippen molar-refractivity contribution in [1.82, 2.24) is 5.32 Å². The maximum atomic E-state index is 13.1. The van der Waals surface area contributed by atoms with E-state index in [4.69, 9.17) is 4.74 Å². The minimum Gasteiger partial charge on any atom is -0.457 e. The summed E-state index contributed by atoms with van der Waals surface area (Å²) in [7, 11) is 0. The van der Waals surface area contributed by atoms with Crippen LogP contribution < -0.4 is 10.1 Å². The number of ether oxygens (including phenoxy) is 1. The van der Waals surface area contributed by atoms with Crippen LogP contribution >= 0.6 is 11.8 Å². The highest BCUT2D eigenvalue weighted by molar-refractivity contribution is 7.98. The van der Waals surface area contributed by atoms with Gasteiger partial charge in [-0.25, -0.2) is 0 Å². The molecule has 0 fully saturated rings. The first-order valence-corrected chi connectivity index (χ1v) is 10.4. The second kappa shape index (κ2) is 8.09. The lowest BCUT2D eigenvalue weighted by Gasteiger charge is -2.27. The molecule has 28 heavy (non-hydrogen) atoms. The van der Waals surface area contributed by atoms with Gasteiger partial charge in [0.05, 0.1) is 12.0 Å². The quantitative estimate of drug-likeness (QED) is 0.629. The van der Waals surface area contributed by atoms with Crippen LogP contribution in [-0.4, -0.2) is 23.8 Å². The normalized spacial score (nSPS) is 13.8. The Morgan fingerprint density at radius 2 is 1.57 bits per heavy atom. The molecule has 3 aromatic rings. The average molecular weight is 391 g/mol. The van der Waals surface area contributed by atoms with Gasteiger partial charge in [0.1, 0.15) is 11.5 Å². The number of rotatable bonds is 5. The van der Waals surface area contributed by atoms with Crippen molar-refractivity contribution in [3.8, 4) is 11.5 Å². The van der Waals surface area contributed by atoms with E-state index in [2.05, 4.69) is 5.32 Å². The number of amides is 1. The number of carbonyl (C=O) groups is 1. The van der Waals surface area contributed by atoms with E-state index in [1.165, 1.54) is 0 Å². The number of carbonyl (C=O) groups excluding carboxylic acids is 1. The van der Waals surface area contributed by atoms with E-state index >= 15 is 0 Å². The van der Waals surface area contributed by atoms with Gasteiger partial charge in [0.2, 0.25) is 5.91 Å². The summed E-state index contributed by atoms with van der Waals surface area (Å²) in [5, 5.41) is 13.4. The van der Waals surface area contributed by atoms with Crippen LogP contribution in [0.15, 0.2) is 77.7 Å². The molecule has 1 atom stereocenters. The molecule has 0 aliphatic carbocycles. The molecular weight excluding hydrogens is 370 g/mol. The molecule has 1 aliphatic heterocycles. The molecule has 0 saturated heterocycles. The van der Waals surface area contributed by atoms with Gasteiger partial charge >= 0.3 is 0 Å². The topological polar surface area (TPSA) is 58.6 Å². The number of para-hydroxylation sites is 2. The molecule has 0 radical (unpaired) electrons. The number of thioether (sulfide) groups is 1. The van der Waals surface area contributed by atoms with E-state index in [9.17, 15) is 9.90 Å². The van der Waals surface area contributed by atoms with Crippen molar-refractivity contribution in [2.24, 2.45) is 0 Å². The Hall–Kier alpha value is -2.76. The summed E-state index contributed by atoms with van der Waals surface area (Å²) in [6.07, 6.45) is 1.25. The first-order valence-electron chi connectivity index (χ1n) is 9.13. The molecule has 1 heterocycles. The fraction of sp³-hybridized carbons (Fsp3) is 0.174. The minimum absolute atomic E-state index is 0.150. The number of aliphatic hydroxyl groups excluding tert-OH is 1. The van der Waals surface area contributed by atoms with E-state index in [1.807, 2.05) is 79.1 Å². The summed E-state index contributed by atoms with van der Waals surface area (Å²) in [6, 6.07) is 22.9. The van der Waals surface area contributed by atoms with Gasteiger partial charge < -0.3 is 15.2 Å². The van der Waals surface area contributed by atoms with Crippen LogP contribution in [-0.2, 0) is 4.79 Å². The Kier molecular flexibility index (Phi) is 5.37. The van der Waals surface area contributed by atoms with E-state index in [0.717, 1.165) is 21.6 Å². The van der Waals surface area contributed by atoms with Crippen molar-refractivity contribution in [3.63, 3.8) is 0 Å². The zero-order valence-electron chi connectivity index (χ0n) is 15.5. The SMILES string of the molecule is CSc1ccc([C@@H](O)CNC(=O)C2c3ccccc3Oc3ccccc32)cc1. The lowest BCUT2D eigenvalue weighted by Crippen LogP contribution is -2.34. The Bertz CT molecular complexity index is 942. The summed E-state index contributed by atoms with van der Waals surface area (Å²) in [5.41, 5.74) is 2.45. The number of hydrogen-bond donors (Lipinski definition) is 2. The van der Waals surface area contributed by atoms with Crippen molar-refractivity contribution >= 4 is 17.7 Å². The van der Waals surface area contributed by atoms with Crippen molar-refractivity contribution in [3.05, 3.63) is 89.5 Å². The van der Waals surface area contributed by atoms with E-state index < -0.39 is 12.0 Å². The number of benzene rings is 3. The van der Waals surface area contributed by atoms with Gasteiger partial charge in [-0.3, -0.25) is 4.79 Å². The van der Waals surface area contributed by atoms with Crippen molar-refractivity contribution in [1.29, 1.82) is 0 Å². The highest BCUT2D eigenvalue weighted by Crippen LogP contribution is 2.43. The van der Waals surface area contributed by atoms with Crippen molar-refractivity contribution < 1.29 is 14.6 Å². The van der Waals surface area contributed by atoms with Crippen LogP contribution in [0.1, 0.15) is 28.7 Å². The predicted octanol–water partition coefficient (Wildman–Crippen LogP) is 4.50. The first-order chi connectivity index (χ1) is 13.7. The molecule has 1 aliphatic rings. The maximum absolute atomic E-state index is 13.1. The fourth-order valence-electron chi connectivity index (χ4n) is 3.44. The summed E-state index contributed by atoms with van der Waals surface area (Å²) >= 11 is 1.65. The summed E-state index contributed by atoms with van der Waals surface area (Å²) in [5.74, 6) is 0.763. The number of fused-ring (bicyclic) bond motifs is 2. The van der Waals surface area contributed by atoms with Crippen LogP contribution in [0.2, 0.25) is 0 Å². The minimum atomic E-state index is -0.759. The third-order valence-electron chi connectivity index (χ3n) is 4.91. The number of hydrogen-bond acceptors (Lipinski definition) is 4. The zero-order valence-corrected chi connectivity index (χ0v) is 16.3. The Morgan fingerprint density at radius 3 is 2.14 bits per heavy atom. The monoisotopic (exact) mass is 391 g/mol. The van der Waals surface area contributed by atoms with Crippen LogP contribution in [0.5, 0.6) is 11.5 Å². The molecule has 3 aromatic carbocycles. The Labute approximate surface area is 168 Å². The lowest BCUT2D eigenvalue weighted by molar-refractivity contribution is -0.122. The average Bonchev–Trinajstić information content (AvgIpc) is 2.75. The molecule has 5 heteroatoms. The summed E-state index contributed by atoms with van der Waals surface area (Å²) in [4.78, 5) is 14.2. The molecule has 1 amide bonds. The second-order valence-corrected chi connectivity index (χ2v) is 7.52. The molecule has 142 valence electrons. The zero-order chi connectivity index (χ0) is 19.5. The third kappa shape index (κ3) is 3.63. The van der Waals surface area contributed by atoms with Crippen LogP contribution in [0.4, 0.5) is 0 Å². The first kappa shape index (κ1) is 18.6. The van der Waals surface area contributed by atoms with E-state index in [0.29, 0.717) is 11.5 Å². The molecular formula is C23H21NO3S. The third-order valence-corrected chi connectivity index (χ3v) is 5.66. The van der Waals surface area contributed by atoms with Crippen LogP contribution in [0, 0.1) is 0 Å². The van der Waals surface area contributed by atoms with Crippen LogP contribution in [0.3, 0.4) is 0 Å².